The van der Waals surface area contributed by atoms with Crippen LogP contribution in [-0.2, 0) is 6.18 Å². The molecule has 3 rings (SSSR count). The number of piperidine rings is 1. The third-order valence-corrected chi connectivity index (χ3v) is 4.74. The average Bonchev–Trinajstić information content (AvgIpc) is 2.67. The van der Waals surface area contributed by atoms with Crippen LogP contribution in [0.5, 0.6) is 0 Å². The van der Waals surface area contributed by atoms with E-state index >= 15 is 0 Å². The Morgan fingerprint density at radius 2 is 1.93 bits per heavy atom. The molecule has 1 aromatic heterocycles. The summed E-state index contributed by atoms with van der Waals surface area (Å²) in [5, 5.41) is 2.30. The SMILES string of the molecule is CCC1CCCCN1c1ncc(C(=O)Nc2ccccc2C(F)(F)F)cn1. The number of rotatable bonds is 4. The summed E-state index contributed by atoms with van der Waals surface area (Å²) in [5.41, 5.74) is -1.07. The summed E-state index contributed by atoms with van der Waals surface area (Å²) in [6.45, 7) is 2.98. The van der Waals surface area contributed by atoms with Crippen LogP contribution in [0.15, 0.2) is 36.7 Å². The zero-order valence-corrected chi connectivity index (χ0v) is 15.0. The van der Waals surface area contributed by atoms with Crippen LogP contribution in [0.2, 0.25) is 0 Å². The first-order chi connectivity index (χ1) is 12.9. The van der Waals surface area contributed by atoms with E-state index in [2.05, 4.69) is 27.1 Å². The van der Waals surface area contributed by atoms with Gasteiger partial charge >= 0.3 is 6.18 Å². The monoisotopic (exact) mass is 378 g/mol. The van der Waals surface area contributed by atoms with Gasteiger partial charge in [-0.15, -0.1) is 0 Å². The molecular formula is C19H21F3N4O. The lowest BCUT2D eigenvalue weighted by Crippen LogP contribution is -2.40. The van der Waals surface area contributed by atoms with Crippen molar-refractivity contribution in [3.8, 4) is 0 Å². The molecule has 1 fully saturated rings. The van der Waals surface area contributed by atoms with Crippen LogP contribution < -0.4 is 10.2 Å². The normalized spacial score (nSPS) is 17.6. The number of nitrogens with one attached hydrogen (secondary N) is 1. The summed E-state index contributed by atoms with van der Waals surface area (Å²) in [6, 6.07) is 5.23. The number of aromatic nitrogens is 2. The summed E-state index contributed by atoms with van der Waals surface area (Å²) in [4.78, 5) is 23.0. The van der Waals surface area contributed by atoms with Gasteiger partial charge in [0.05, 0.1) is 16.8 Å². The molecule has 1 atom stereocenters. The Labute approximate surface area is 155 Å². The first-order valence-corrected chi connectivity index (χ1v) is 8.96. The highest BCUT2D eigenvalue weighted by molar-refractivity contribution is 6.04. The maximum absolute atomic E-state index is 13.0. The average molecular weight is 378 g/mol. The van der Waals surface area contributed by atoms with Gasteiger partial charge in [-0.05, 0) is 37.8 Å². The summed E-state index contributed by atoms with van der Waals surface area (Å²) in [7, 11) is 0. The van der Waals surface area contributed by atoms with Crippen LogP contribution in [0.25, 0.3) is 0 Å². The molecule has 144 valence electrons. The van der Waals surface area contributed by atoms with E-state index in [0.717, 1.165) is 31.9 Å². The van der Waals surface area contributed by atoms with Crippen molar-refractivity contribution in [1.29, 1.82) is 0 Å². The number of anilines is 2. The number of carbonyl (C=O) groups excluding carboxylic acids is 1. The number of halogens is 3. The van der Waals surface area contributed by atoms with Gasteiger partial charge in [0, 0.05) is 25.0 Å². The molecule has 0 aliphatic carbocycles. The second-order valence-corrected chi connectivity index (χ2v) is 6.52. The molecule has 1 unspecified atom stereocenters. The Hall–Kier alpha value is -2.64. The summed E-state index contributed by atoms with van der Waals surface area (Å²) >= 11 is 0. The topological polar surface area (TPSA) is 58.1 Å². The van der Waals surface area contributed by atoms with E-state index in [0.29, 0.717) is 12.0 Å². The van der Waals surface area contributed by atoms with Gasteiger partial charge < -0.3 is 10.2 Å². The Kier molecular flexibility index (Phi) is 5.62. The van der Waals surface area contributed by atoms with Gasteiger partial charge in [0.25, 0.3) is 5.91 Å². The highest BCUT2D eigenvalue weighted by atomic mass is 19.4. The van der Waals surface area contributed by atoms with Crippen LogP contribution in [0, 0.1) is 0 Å². The number of alkyl halides is 3. The maximum atomic E-state index is 13.0. The third kappa shape index (κ3) is 4.37. The lowest BCUT2D eigenvalue weighted by Gasteiger charge is -2.35. The number of nitrogens with zero attached hydrogens (tertiary/aromatic N) is 3. The van der Waals surface area contributed by atoms with Gasteiger partial charge in [-0.25, -0.2) is 9.97 Å². The molecule has 2 heterocycles. The largest absolute Gasteiger partial charge is 0.418 e. The van der Waals surface area contributed by atoms with Crippen molar-refractivity contribution < 1.29 is 18.0 Å². The fourth-order valence-corrected chi connectivity index (χ4v) is 3.31. The molecule has 1 N–H and O–H groups in total. The van der Waals surface area contributed by atoms with Gasteiger partial charge in [-0.1, -0.05) is 19.1 Å². The standard InChI is InChI=1S/C19H21F3N4O/c1-2-14-7-5-6-10-26(14)18-23-11-13(12-24-18)17(27)25-16-9-4-3-8-15(16)19(20,21)22/h3-4,8-9,11-12,14H,2,5-7,10H2,1H3,(H,25,27). The molecule has 5 nitrogen and oxygen atoms in total. The Bertz CT molecular complexity index is 792. The van der Waals surface area contributed by atoms with Crippen molar-refractivity contribution in [3.05, 3.63) is 47.8 Å². The molecule has 27 heavy (non-hydrogen) atoms. The molecule has 8 heteroatoms. The van der Waals surface area contributed by atoms with Crippen LogP contribution in [0.1, 0.15) is 48.5 Å². The Morgan fingerprint density at radius 1 is 1.22 bits per heavy atom. The van der Waals surface area contributed by atoms with Crippen molar-refractivity contribution in [2.24, 2.45) is 0 Å². The van der Waals surface area contributed by atoms with Crippen molar-refractivity contribution in [2.45, 2.75) is 44.8 Å². The van der Waals surface area contributed by atoms with E-state index in [1.807, 2.05) is 0 Å². The van der Waals surface area contributed by atoms with Gasteiger partial charge in [0.2, 0.25) is 5.95 Å². The zero-order valence-electron chi connectivity index (χ0n) is 15.0. The predicted octanol–water partition coefficient (Wildman–Crippen LogP) is 4.52. The molecular weight excluding hydrogens is 357 g/mol. The fourth-order valence-electron chi connectivity index (χ4n) is 3.31. The molecule has 1 aromatic carbocycles. The van der Waals surface area contributed by atoms with Gasteiger partial charge in [0.1, 0.15) is 0 Å². The first-order valence-electron chi connectivity index (χ1n) is 8.96. The zero-order chi connectivity index (χ0) is 19.4. The second-order valence-electron chi connectivity index (χ2n) is 6.52. The van der Waals surface area contributed by atoms with Gasteiger partial charge in [0.15, 0.2) is 0 Å². The minimum Gasteiger partial charge on any atom is -0.338 e. The van der Waals surface area contributed by atoms with Crippen molar-refractivity contribution in [3.63, 3.8) is 0 Å². The van der Waals surface area contributed by atoms with Crippen LogP contribution in [0.3, 0.4) is 0 Å². The summed E-state index contributed by atoms with van der Waals surface area (Å²) in [5.74, 6) is -0.127. The Morgan fingerprint density at radius 3 is 2.59 bits per heavy atom. The number of hydrogen-bond donors (Lipinski definition) is 1. The molecule has 2 aromatic rings. The lowest BCUT2D eigenvalue weighted by atomic mass is 10.0. The highest BCUT2D eigenvalue weighted by Gasteiger charge is 2.33. The number of carbonyl (C=O) groups is 1. The maximum Gasteiger partial charge on any atom is 0.418 e. The highest BCUT2D eigenvalue weighted by Crippen LogP contribution is 2.34. The minimum absolute atomic E-state index is 0.112. The van der Waals surface area contributed by atoms with E-state index in [-0.39, 0.29) is 11.3 Å². The lowest BCUT2D eigenvalue weighted by molar-refractivity contribution is -0.136. The second kappa shape index (κ2) is 7.94. The fraction of sp³-hybridized carbons (Fsp3) is 0.421. The number of amides is 1. The van der Waals surface area contributed by atoms with E-state index in [1.54, 1.807) is 0 Å². The van der Waals surface area contributed by atoms with Crippen molar-refractivity contribution >= 4 is 17.5 Å². The molecule has 1 amide bonds. The molecule has 0 radical (unpaired) electrons. The summed E-state index contributed by atoms with van der Waals surface area (Å²) < 4.78 is 39.1. The molecule has 1 aliphatic heterocycles. The third-order valence-electron chi connectivity index (χ3n) is 4.74. The van der Waals surface area contributed by atoms with E-state index < -0.39 is 17.6 Å². The number of para-hydroxylation sites is 1. The first kappa shape index (κ1) is 19.1. The number of benzene rings is 1. The van der Waals surface area contributed by atoms with Crippen LogP contribution in [0.4, 0.5) is 24.8 Å². The smallest absolute Gasteiger partial charge is 0.338 e. The van der Waals surface area contributed by atoms with E-state index in [9.17, 15) is 18.0 Å². The number of hydrogen-bond acceptors (Lipinski definition) is 4. The molecule has 0 saturated carbocycles. The predicted molar refractivity (Wildman–Crippen MR) is 96.7 cm³/mol. The quantitative estimate of drug-likeness (QED) is 0.850. The van der Waals surface area contributed by atoms with E-state index in [1.165, 1.54) is 37.0 Å². The van der Waals surface area contributed by atoms with Crippen molar-refractivity contribution in [1.82, 2.24) is 9.97 Å². The molecule has 0 spiro atoms. The van der Waals surface area contributed by atoms with Crippen molar-refractivity contribution in [2.75, 3.05) is 16.8 Å². The molecule has 1 aliphatic rings. The van der Waals surface area contributed by atoms with E-state index in [4.69, 9.17) is 0 Å². The molecule has 1 saturated heterocycles. The summed E-state index contributed by atoms with van der Waals surface area (Å²) in [6.07, 6.45) is 2.47. The Balaban J connectivity index is 1.75. The van der Waals surface area contributed by atoms with Gasteiger partial charge in [-0.3, -0.25) is 4.79 Å². The van der Waals surface area contributed by atoms with Crippen LogP contribution >= 0.6 is 0 Å². The minimum atomic E-state index is -4.55. The van der Waals surface area contributed by atoms with Gasteiger partial charge in [-0.2, -0.15) is 13.2 Å². The molecule has 0 bridgehead atoms. The van der Waals surface area contributed by atoms with Crippen LogP contribution in [-0.4, -0.2) is 28.5 Å².